The van der Waals surface area contributed by atoms with Gasteiger partial charge >= 0.3 is 0 Å². The van der Waals surface area contributed by atoms with Crippen LogP contribution < -0.4 is 15.0 Å². The van der Waals surface area contributed by atoms with E-state index in [1.165, 1.54) is 6.20 Å². The maximum atomic E-state index is 12.2. The van der Waals surface area contributed by atoms with Gasteiger partial charge in [0.25, 0.3) is 11.8 Å². The molecule has 2 amide bonds. The molecule has 0 saturated heterocycles. The number of aromatic nitrogens is 1. The molecule has 130 valence electrons. The monoisotopic (exact) mass is 340 g/mol. The molecule has 1 aromatic carbocycles. The Morgan fingerprint density at radius 1 is 1.36 bits per heavy atom. The first-order chi connectivity index (χ1) is 12.0. The van der Waals surface area contributed by atoms with Crippen molar-refractivity contribution in [2.75, 3.05) is 44.0 Å². The smallest absolute Gasteiger partial charge is 0.265 e. The highest BCUT2D eigenvalue weighted by atomic mass is 16.5. The molecule has 1 aliphatic rings. The number of carbonyl (C=O) groups is 2. The van der Waals surface area contributed by atoms with Gasteiger partial charge in [-0.3, -0.25) is 14.6 Å². The average molecular weight is 340 g/mol. The molecular formula is C18H20N4O3. The molecule has 0 saturated carbocycles. The second kappa shape index (κ2) is 7.31. The van der Waals surface area contributed by atoms with Gasteiger partial charge in [-0.2, -0.15) is 0 Å². The van der Waals surface area contributed by atoms with Crippen LogP contribution in [0.5, 0.6) is 5.75 Å². The minimum atomic E-state index is -0.246. The normalized spacial score (nSPS) is 13.4. The molecule has 0 aliphatic carbocycles. The summed E-state index contributed by atoms with van der Waals surface area (Å²) in [6.45, 7) is 1.34. The van der Waals surface area contributed by atoms with Crippen molar-refractivity contribution < 1.29 is 14.3 Å². The second-order valence-corrected chi connectivity index (χ2v) is 6.02. The van der Waals surface area contributed by atoms with Gasteiger partial charge in [-0.25, -0.2) is 0 Å². The van der Waals surface area contributed by atoms with Crippen molar-refractivity contribution in [2.45, 2.75) is 0 Å². The molecule has 1 aliphatic heterocycles. The lowest BCUT2D eigenvalue weighted by Gasteiger charge is -2.30. The Hall–Kier alpha value is -2.93. The zero-order valence-corrected chi connectivity index (χ0v) is 14.2. The summed E-state index contributed by atoms with van der Waals surface area (Å²) in [5, 5.41) is 2.81. The number of nitrogens with one attached hydrogen (secondary N) is 1. The molecule has 0 atom stereocenters. The molecule has 7 heteroatoms. The van der Waals surface area contributed by atoms with Crippen LogP contribution in [0.25, 0.3) is 0 Å². The lowest BCUT2D eigenvalue weighted by molar-refractivity contribution is -0.121. The Kier molecular flexibility index (Phi) is 4.95. The lowest BCUT2D eigenvalue weighted by Crippen LogP contribution is -2.42. The number of fused-ring (bicyclic) bond motifs is 1. The van der Waals surface area contributed by atoms with Gasteiger partial charge in [0.15, 0.2) is 6.61 Å². The summed E-state index contributed by atoms with van der Waals surface area (Å²) in [6, 6.07) is 8.69. The van der Waals surface area contributed by atoms with Crippen LogP contribution in [0, 0.1) is 0 Å². The van der Waals surface area contributed by atoms with Crippen LogP contribution in [0.4, 0.5) is 11.4 Å². The minimum absolute atomic E-state index is 0.000430. The zero-order valence-electron chi connectivity index (χ0n) is 14.2. The Morgan fingerprint density at radius 2 is 2.20 bits per heavy atom. The predicted molar refractivity (Wildman–Crippen MR) is 95.0 cm³/mol. The van der Waals surface area contributed by atoms with E-state index in [0.717, 1.165) is 12.2 Å². The molecule has 3 rings (SSSR count). The summed E-state index contributed by atoms with van der Waals surface area (Å²) in [6.07, 6.45) is 3.12. The first-order valence-electron chi connectivity index (χ1n) is 7.98. The molecule has 1 aromatic heterocycles. The maximum Gasteiger partial charge on any atom is 0.265 e. The van der Waals surface area contributed by atoms with Crippen LogP contribution in [0.3, 0.4) is 0 Å². The van der Waals surface area contributed by atoms with Crippen molar-refractivity contribution in [3.05, 3.63) is 48.3 Å². The first-order valence-corrected chi connectivity index (χ1v) is 7.98. The van der Waals surface area contributed by atoms with E-state index in [0.29, 0.717) is 23.5 Å². The molecule has 2 heterocycles. The number of nitrogens with zero attached hydrogens (tertiary/aromatic N) is 3. The fourth-order valence-corrected chi connectivity index (χ4v) is 2.53. The van der Waals surface area contributed by atoms with Gasteiger partial charge in [-0.05, 0) is 38.4 Å². The van der Waals surface area contributed by atoms with Gasteiger partial charge in [-0.15, -0.1) is 0 Å². The third-order valence-electron chi connectivity index (χ3n) is 3.86. The van der Waals surface area contributed by atoms with E-state index in [1.807, 2.05) is 19.0 Å². The average Bonchev–Trinajstić information content (AvgIpc) is 2.61. The summed E-state index contributed by atoms with van der Waals surface area (Å²) in [5.41, 5.74) is 1.80. The number of pyridine rings is 1. The van der Waals surface area contributed by atoms with Crippen molar-refractivity contribution in [2.24, 2.45) is 0 Å². The molecule has 0 unspecified atom stereocenters. The number of amides is 2. The minimum Gasteiger partial charge on any atom is -0.481 e. The van der Waals surface area contributed by atoms with Crippen molar-refractivity contribution in [1.29, 1.82) is 0 Å². The van der Waals surface area contributed by atoms with Crippen molar-refractivity contribution in [3.63, 3.8) is 0 Å². The maximum absolute atomic E-state index is 12.2. The summed E-state index contributed by atoms with van der Waals surface area (Å²) < 4.78 is 5.53. The number of anilines is 2. The summed E-state index contributed by atoms with van der Waals surface area (Å²) >= 11 is 0. The zero-order chi connectivity index (χ0) is 17.8. The molecule has 0 bridgehead atoms. The van der Waals surface area contributed by atoms with Crippen LogP contribution >= 0.6 is 0 Å². The number of benzene rings is 1. The summed E-state index contributed by atoms with van der Waals surface area (Å²) in [5.74, 6) is 0.272. The van der Waals surface area contributed by atoms with E-state index < -0.39 is 0 Å². The van der Waals surface area contributed by atoms with E-state index in [4.69, 9.17) is 4.74 Å². The molecular weight excluding hydrogens is 320 g/mol. The molecule has 0 spiro atoms. The summed E-state index contributed by atoms with van der Waals surface area (Å²) in [4.78, 5) is 32.0. The highest BCUT2D eigenvalue weighted by molar-refractivity contribution is 6.04. The van der Waals surface area contributed by atoms with Gasteiger partial charge in [0.2, 0.25) is 0 Å². The molecule has 0 fully saturated rings. The van der Waals surface area contributed by atoms with E-state index in [2.05, 4.69) is 10.3 Å². The van der Waals surface area contributed by atoms with E-state index in [1.54, 1.807) is 41.4 Å². The Labute approximate surface area is 146 Å². The number of hydrogen-bond donors (Lipinski definition) is 1. The van der Waals surface area contributed by atoms with Crippen LogP contribution in [-0.4, -0.2) is 55.5 Å². The molecule has 1 N–H and O–H groups in total. The van der Waals surface area contributed by atoms with Crippen LogP contribution in [0.15, 0.2) is 42.7 Å². The van der Waals surface area contributed by atoms with Gasteiger partial charge in [0.05, 0.1) is 11.3 Å². The topological polar surface area (TPSA) is 74.8 Å². The van der Waals surface area contributed by atoms with Gasteiger partial charge < -0.3 is 19.9 Å². The van der Waals surface area contributed by atoms with Gasteiger partial charge in [0, 0.05) is 37.2 Å². The lowest BCUT2D eigenvalue weighted by atomic mass is 10.2. The first kappa shape index (κ1) is 16.9. The highest BCUT2D eigenvalue weighted by Crippen LogP contribution is 2.34. The van der Waals surface area contributed by atoms with Crippen LogP contribution in [0.1, 0.15) is 10.4 Å². The number of hydrogen-bond acceptors (Lipinski definition) is 5. The summed E-state index contributed by atoms with van der Waals surface area (Å²) in [7, 11) is 3.92. The number of rotatable bonds is 5. The SMILES string of the molecule is CN(C)CCN1C(=O)COc2cc(NC(=O)c3cccnc3)ccc21. The fraction of sp³-hybridized carbons (Fsp3) is 0.278. The molecule has 0 radical (unpaired) electrons. The Balaban J connectivity index is 1.77. The predicted octanol–water partition coefficient (Wildman–Crippen LogP) is 1.62. The van der Waals surface area contributed by atoms with Crippen LogP contribution in [-0.2, 0) is 4.79 Å². The van der Waals surface area contributed by atoms with Crippen molar-refractivity contribution in [1.82, 2.24) is 9.88 Å². The van der Waals surface area contributed by atoms with E-state index in [9.17, 15) is 9.59 Å². The van der Waals surface area contributed by atoms with Gasteiger partial charge in [0.1, 0.15) is 5.75 Å². The molecule has 7 nitrogen and oxygen atoms in total. The fourth-order valence-electron chi connectivity index (χ4n) is 2.53. The largest absolute Gasteiger partial charge is 0.481 e. The third kappa shape index (κ3) is 3.95. The van der Waals surface area contributed by atoms with Gasteiger partial charge in [-0.1, -0.05) is 0 Å². The Bertz CT molecular complexity index is 777. The quantitative estimate of drug-likeness (QED) is 0.895. The standard InChI is InChI=1S/C18H20N4O3/c1-21(2)8-9-22-15-6-5-14(10-16(15)25-12-17(22)23)20-18(24)13-4-3-7-19-11-13/h3-7,10-11H,8-9,12H2,1-2H3,(H,20,24). The number of carbonyl (C=O) groups excluding carboxylic acids is 2. The number of likely N-dealkylation sites (N-methyl/N-ethyl adjacent to an activating group) is 1. The van der Waals surface area contributed by atoms with Crippen molar-refractivity contribution >= 4 is 23.2 Å². The molecule has 25 heavy (non-hydrogen) atoms. The van der Waals surface area contributed by atoms with E-state index in [-0.39, 0.29) is 18.4 Å². The second-order valence-electron chi connectivity index (χ2n) is 6.02. The third-order valence-corrected chi connectivity index (χ3v) is 3.86. The van der Waals surface area contributed by atoms with Crippen molar-refractivity contribution in [3.8, 4) is 5.75 Å². The van der Waals surface area contributed by atoms with E-state index >= 15 is 0 Å². The van der Waals surface area contributed by atoms with Crippen LogP contribution in [0.2, 0.25) is 0 Å². The Morgan fingerprint density at radius 3 is 2.92 bits per heavy atom. The highest BCUT2D eigenvalue weighted by Gasteiger charge is 2.25. The molecule has 2 aromatic rings. The number of ether oxygens (including phenoxy) is 1.